The number of hydrogen-bond donors (Lipinski definition) is 0. The summed E-state index contributed by atoms with van der Waals surface area (Å²) >= 11 is 0. The molecule has 0 bridgehead atoms. The van der Waals surface area contributed by atoms with E-state index in [1.54, 1.807) is 11.1 Å². The van der Waals surface area contributed by atoms with Gasteiger partial charge in [-0.15, -0.1) is 6.58 Å². The average molecular weight is 1100 g/mol. The van der Waals surface area contributed by atoms with Crippen molar-refractivity contribution in [2.75, 3.05) is 29.6 Å². The van der Waals surface area contributed by atoms with Crippen LogP contribution >= 0.6 is 0 Å². The topological polar surface area (TPSA) is 34.2 Å². The van der Waals surface area contributed by atoms with E-state index in [4.69, 9.17) is 14.2 Å². The van der Waals surface area contributed by atoms with Crippen molar-refractivity contribution in [1.29, 1.82) is 0 Å². The van der Waals surface area contributed by atoms with Crippen molar-refractivity contribution in [3.63, 3.8) is 0 Å². The first-order valence-corrected chi connectivity index (χ1v) is 32.0. The second kappa shape index (κ2) is 26.6. The van der Waals surface area contributed by atoms with Crippen molar-refractivity contribution in [2.45, 2.75) is 146 Å². The van der Waals surface area contributed by atoms with Gasteiger partial charge in [-0.2, -0.15) is 0 Å². The van der Waals surface area contributed by atoms with E-state index in [0.717, 1.165) is 133 Å². The lowest BCUT2D eigenvalue weighted by atomic mass is 9.64. The first kappa shape index (κ1) is 56.3. The van der Waals surface area contributed by atoms with E-state index in [1.165, 1.54) is 70.1 Å². The van der Waals surface area contributed by atoms with Crippen molar-refractivity contribution < 1.29 is 14.2 Å². The summed E-state index contributed by atoms with van der Waals surface area (Å²) in [5, 5.41) is 0. The normalized spacial score (nSPS) is 24.5. The third-order valence-electron chi connectivity index (χ3n) is 19.6. The van der Waals surface area contributed by atoms with Crippen LogP contribution in [-0.4, -0.2) is 31.9 Å². The quantitative estimate of drug-likeness (QED) is 0.0430. The van der Waals surface area contributed by atoms with Crippen molar-refractivity contribution in [3.8, 4) is 11.5 Å². The van der Waals surface area contributed by atoms with Crippen molar-refractivity contribution >= 4 is 23.1 Å². The van der Waals surface area contributed by atoms with Gasteiger partial charge < -0.3 is 24.0 Å². The van der Waals surface area contributed by atoms with Crippen LogP contribution < -0.4 is 19.3 Å². The predicted octanol–water partition coefficient (Wildman–Crippen LogP) is 20.0. The van der Waals surface area contributed by atoms with Gasteiger partial charge in [0.05, 0.1) is 31.6 Å². The number of ether oxygens (including phenoxy) is 3. The fourth-order valence-corrected chi connectivity index (χ4v) is 15.3. The van der Waals surface area contributed by atoms with Gasteiger partial charge in [0.15, 0.2) is 0 Å². The number of anilines is 3. The van der Waals surface area contributed by atoms with Gasteiger partial charge >= 0.3 is 0 Å². The highest BCUT2D eigenvalue weighted by molar-refractivity contribution is 5.75. The van der Waals surface area contributed by atoms with Gasteiger partial charge in [-0.05, 0) is 226 Å². The van der Waals surface area contributed by atoms with E-state index in [-0.39, 0.29) is 11.5 Å². The minimum atomic E-state index is -0.0807. The lowest BCUT2D eigenvalue weighted by molar-refractivity contribution is 0.184. The number of benzene rings is 5. The fourth-order valence-electron chi connectivity index (χ4n) is 15.3. The van der Waals surface area contributed by atoms with E-state index in [1.807, 2.05) is 6.08 Å². The minimum absolute atomic E-state index is 0.0807. The molecule has 0 N–H and O–H groups in total. The van der Waals surface area contributed by atoms with Crippen molar-refractivity contribution in [2.24, 2.45) is 23.7 Å². The summed E-state index contributed by atoms with van der Waals surface area (Å²) in [5.74, 6) is 5.48. The Morgan fingerprint density at radius 2 is 1.46 bits per heavy atom. The summed E-state index contributed by atoms with van der Waals surface area (Å²) < 4.78 is 18.9. The molecule has 0 amide bonds. The number of hydrogen-bond acceptors (Lipinski definition) is 5. The molecule has 0 aromatic heterocycles. The van der Waals surface area contributed by atoms with E-state index >= 15 is 0 Å². The molecule has 8 atom stereocenters. The summed E-state index contributed by atoms with van der Waals surface area (Å²) in [6.07, 6.45) is 44.4. The Bertz CT molecular complexity index is 3250. The Labute approximate surface area is 497 Å². The third-order valence-corrected chi connectivity index (χ3v) is 19.6. The highest BCUT2D eigenvalue weighted by atomic mass is 16.5. The highest BCUT2D eigenvalue weighted by Crippen LogP contribution is 2.62. The largest absolute Gasteiger partial charge is 0.498 e. The van der Waals surface area contributed by atoms with Crippen LogP contribution in [0, 0.1) is 23.7 Å². The first-order valence-electron chi connectivity index (χ1n) is 32.0. The second-order valence-corrected chi connectivity index (χ2v) is 24.8. The van der Waals surface area contributed by atoms with E-state index in [2.05, 4.69) is 218 Å². The molecule has 83 heavy (non-hydrogen) atoms. The number of allylic oxidation sites excluding steroid dienone is 12. The van der Waals surface area contributed by atoms with Crippen LogP contribution in [0.5, 0.6) is 11.5 Å². The van der Waals surface area contributed by atoms with E-state index in [0.29, 0.717) is 35.6 Å². The molecule has 1 fully saturated rings. The van der Waals surface area contributed by atoms with E-state index in [9.17, 15) is 0 Å². The van der Waals surface area contributed by atoms with Crippen molar-refractivity contribution in [3.05, 3.63) is 252 Å². The van der Waals surface area contributed by atoms with Crippen LogP contribution in [0.2, 0.25) is 0 Å². The number of nitrogens with zero attached hydrogens (tertiary/aromatic N) is 2. The Kier molecular flexibility index (Phi) is 18.0. The molecule has 428 valence electrons. The zero-order chi connectivity index (χ0) is 56.4. The minimum Gasteiger partial charge on any atom is -0.498 e. The van der Waals surface area contributed by atoms with Gasteiger partial charge in [0.25, 0.3) is 0 Å². The summed E-state index contributed by atoms with van der Waals surface area (Å²) in [6.45, 7) is 12.5. The third kappa shape index (κ3) is 12.4. The van der Waals surface area contributed by atoms with Crippen LogP contribution in [0.4, 0.5) is 17.1 Å². The molecule has 0 radical (unpaired) electrons. The van der Waals surface area contributed by atoms with Crippen LogP contribution in [0.25, 0.3) is 6.08 Å². The number of unbranched alkanes of at least 4 members (excludes halogenated alkanes) is 4. The maximum atomic E-state index is 6.55. The van der Waals surface area contributed by atoms with Gasteiger partial charge in [-0.25, -0.2) is 0 Å². The average Bonchev–Trinajstić information content (AvgIpc) is 4.19. The molecule has 7 aliphatic rings. The van der Waals surface area contributed by atoms with Crippen LogP contribution in [0.1, 0.15) is 145 Å². The zero-order valence-corrected chi connectivity index (χ0v) is 49.4. The zero-order valence-electron chi connectivity index (χ0n) is 49.4. The Balaban J connectivity index is 0.766. The maximum absolute atomic E-state index is 6.55. The van der Waals surface area contributed by atoms with Crippen LogP contribution in [0.15, 0.2) is 235 Å². The molecule has 0 spiro atoms. The molecule has 12 rings (SSSR count). The van der Waals surface area contributed by atoms with Gasteiger partial charge in [-0.1, -0.05) is 154 Å². The van der Waals surface area contributed by atoms with Crippen LogP contribution in [-0.2, 0) is 10.2 Å². The molecule has 1 aliphatic heterocycles. The number of rotatable bonds is 25. The summed E-state index contributed by atoms with van der Waals surface area (Å²) in [6, 6.07) is 49.8. The molecule has 5 aromatic carbocycles. The first-order chi connectivity index (χ1) is 41.0. The number of para-hydroxylation sites is 2. The summed E-state index contributed by atoms with van der Waals surface area (Å²) in [4.78, 5) is 5.34. The predicted molar refractivity (Wildman–Crippen MR) is 346 cm³/mol. The van der Waals surface area contributed by atoms with Gasteiger partial charge in [0.1, 0.15) is 11.5 Å². The lowest BCUT2D eigenvalue weighted by Gasteiger charge is -2.41. The Hall–Kier alpha value is -7.24. The molecule has 5 aromatic rings. The Morgan fingerprint density at radius 3 is 2.20 bits per heavy atom. The highest BCUT2D eigenvalue weighted by Gasteiger charge is 2.55. The summed E-state index contributed by atoms with van der Waals surface area (Å²) in [5.41, 5.74) is 15.4. The molecular weight excluding hydrogens is 1010 g/mol. The monoisotopic (exact) mass is 1100 g/mol. The second-order valence-electron chi connectivity index (χ2n) is 24.8. The molecule has 5 nitrogen and oxygen atoms in total. The van der Waals surface area contributed by atoms with E-state index < -0.39 is 0 Å². The molecule has 1 saturated carbocycles. The molecule has 6 aliphatic carbocycles. The van der Waals surface area contributed by atoms with Crippen LogP contribution in [0.3, 0.4) is 0 Å². The maximum Gasteiger partial charge on any atom is 0.119 e. The Morgan fingerprint density at radius 1 is 0.687 bits per heavy atom. The lowest BCUT2D eigenvalue weighted by Crippen LogP contribution is -2.38. The van der Waals surface area contributed by atoms with Gasteiger partial charge in [-0.3, -0.25) is 0 Å². The molecule has 0 saturated heterocycles. The summed E-state index contributed by atoms with van der Waals surface area (Å²) in [7, 11) is 0. The SMILES string of the molecule is C=Cc1ccc(OCC(C)CCCCC2(c3ccccc3)C3=CC(N(C4=CC=C(C5=CC6c7cc(OCCCCCCOC8=CCC(C=C)CC8)ccc7N(c7ccccc7)C6CC5)CC4)c4ccccc4)CC=C3C3CCC=CC32)cc1. The fraction of sp³-hybridized carbons (Fsp3) is 0.385. The van der Waals surface area contributed by atoms with Crippen molar-refractivity contribution in [1.82, 2.24) is 0 Å². The molecule has 1 heterocycles. The van der Waals surface area contributed by atoms with Gasteiger partial charge in [0, 0.05) is 46.6 Å². The molecular formula is C78H88N2O3. The number of fused-ring (bicyclic) bond motifs is 6. The smallest absolute Gasteiger partial charge is 0.119 e. The molecule has 8 unspecified atom stereocenters. The standard InChI is InChI=1S/C78H88N2O3/c1-4-58-32-42-67(43-33-58)81-51-21-6-7-22-52-82-69-46-49-77-73(55-69)72-53-61(38-48-76(72)80(77)64-28-15-10-16-29-64)60-36-39-65(40-37-60)79(63-26-13-9-14-27-63)66-41-47-71-70-30-17-18-31-74(70)78(75(71)54-66,62-24-11-8-12-25-62)50-20-19-23-57(3)56-83-68-44-34-59(5-2)35-45-68/h4-5,8-16,18,24-29,31,34-36,39,42,44-47,49,53-55,57-58,66,70,72,74,76H,1-2,6-7,17,19-23,30,32-33,37-38,40-41,43,48,50-52,56H2,3H3. The molecule has 5 heteroatoms. The van der Waals surface area contributed by atoms with Gasteiger partial charge in [0.2, 0.25) is 0 Å².